The smallest absolute Gasteiger partial charge is 0.256 e. The molecule has 0 saturated carbocycles. The second-order valence-corrected chi connectivity index (χ2v) is 6.06. The lowest BCUT2D eigenvalue weighted by Crippen LogP contribution is -2.12. The largest absolute Gasteiger partial charge is 0.504 e. The van der Waals surface area contributed by atoms with E-state index in [4.69, 9.17) is 4.74 Å². The zero-order valence-electron chi connectivity index (χ0n) is 12.9. The fraction of sp³-hybridized carbons (Fsp3) is 0.118. The van der Waals surface area contributed by atoms with E-state index in [1.807, 2.05) is 12.3 Å². The highest BCUT2D eigenvalue weighted by Gasteiger charge is 2.10. The van der Waals surface area contributed by atoms with Gasteiger partial charge in [-0.05, 0) is 43.3 Å². The Balaban J connectivity index is 1.61. The summed E-state index contributed by atoms with van der Waals surface area (Å²) >= 11 is 1.58. The van der Waals surface area contributed by atoms with Crippen LogP contribution in [0.25, 0.3) is 0 Å². The number of anilines is 1. The summed E-state index contributed by atoms with van der Waals surface area (Å²) in [6.45, 7) is 2.33. The molecule has 1 aromatic carbocycles. The Kier molecular flexibility index (Phi) is 4.72. The zero-order valence-corrected chi connectivity index (χ0v) is 13.7. The summed E-state index contributed by atoms with van der Waals surface area (Å²) in [7, 11) is 0. The number of nitrogens with one attached hydrogen (secondary N) is 1. The van der Waals surface area contributed by atoms with Gasteiger partial charge < -0.3 is 15.2 Å². The molecule has 7 heteroatoms. The standard InChI is InChI=1S/C17H15N3O3S/c1-11-19-13(10-24-11)9-23-14-6-4-12(5-7-14)17(22)20-16-15(21)3-2-8-18-16/h2-8,10,21H,9H2,1H3,(H,18,20,22). The SMILES string of the molecule is Cc1nc(COc2ccc(C(=O)Nc3ncccc3O)cc2)cs1. The predicted octanol–water partition coefficient (Wildman–Crippen LogP) is 3.38. The fourth-order valence-electron chi connectivity index (χ4n) is 2.01. The van der Waals surface area contributed by atoms with Crippen LogP contribution in [0.3, 0.4) is 0 Å². The number of pyridine rings is 1. The van der Waals surface area contributed by atoms with E-state index in [-0.39, 0.29) is 17.5 Å². The molecule has 2 N–H and O–H groups in total. The molecular weight excluding hydrogens is 326 g/mol. The molecule has 0 unspecified atom stereocenters. The van der Waals surface area contributed by atoms with Crippen molar-refractivity contribution in [1.29, 1.82) is 0 Å². The molecule has 0 bridgehead atoms. The van der Waals surface area contributed by atoms with Crippen LogP contribution >= 0.6 is 11.3 Å². The number of aromatic nitrogens is 2. The van der Waals surface area contributed by atoms with Gasteiger partial charge in [-0.15, -0.1) is 11.3 Å². The first-order valence-corrected chi connectivity index (χ1v) is 8.09. The van der Waals surface area contributed by atoms with Gasteiger partial charge in [0, 0.05) is 17.1 Å². The monoisotopic (exact) mass is 341 g/mol. The molecule has 0 aliphatic heterocycles. The molecule has 24 heavy (non-hydrogen) atoms. The minimum Gasteiger partial charge on any atom is -0.504 e. The highest BCUT2D eigenvalue weighted by molar-refractivity contribution is 7.09. The number of carbonyl (C=O) groups excluding carboxylic acids is 1. The van der Waals surface area contributed by atoms with E-state index in [1.54, 1.807) is 41.7 Å². The van der Waals surface area contributed by atoms with Crippen molar-refractivity contribution in [2.45, 2.75) is 13.5 Å². The quantitative estimate of drug-likeness (QED) is 0.743. The van der Waals surface area contributed by atoms with E-state index in [9.17, 15) is 9.90 Å². The van der Waals surface area contributed by atoms with Crippen molar-refractivity contribution in [3.63, 3.8) is 0 Å². The Bertz CT molecular complexity index is 846. The lowest BCUT2D eigenvalue weighted by molar-refractivity contribution is 0.102. The number of hydrogen-bond donors (Lipinski definition) is 2. The molecular formula is C17H15N3O3S. The molecule has 0 aliphatic rings. The molecule has 2 heterocycles. The van der Waals surface area contributed by atoms with Crippen LogP contribution in [0.4, 0.5) is 5.82 Å². The van der Waals surface area contributed by atoms with E-state index in [1.165, 1.54) is 12.3 Å². The van der Waals surface area contributed by atoms with Crippen LogP contribution in [0.15, 0.2) is 48.0 Å². The number of nitrogens with zero attached hydrogens (tertiary/aromatic N) is 2. The molecule has 0 spiro atoms. The molecule has 2 aromatic heterocycles. The van der Waals surface area contributed by atoms with Gasteiger partial charge in [-0.2, -0.15) is 0 Å². The van der Waals surface area contributed by atoms with Crippen LogP contribution in [0.5, 0.6) is 11.5 Å². The molecule has 1 amide bonds. The molecule has 0 atom stereocenters. The number of rotatable bonds is 5. The summed E-state index contributed by atoms with van der Waals surface area (Å²) in [5.74, 6) is 0.342. The lowest BCUT2D eigenvalue weighted by Gasteiger charge is -2.07. The van der Waals surface area contributed by atoms with Gasteiger partial charge in [0.15, 0.2) is 11.6 Å². The number of ether oxygens (including phenoxy) is 1. The molecule has 3 aromatic rings. The van der Waals surface area contributed by atoms with Crippen molar-refractivity contribution in [1.82, 2.24) is 9.97 Å². The predicted molar refractivity (Wildman–Crippen MR) is 91.5 cm³/mol. The summed E-state index contributed by atoms with van der Waals surface area (Å²) in [5.41, 5.74) is 1.32. The van der Waals surface area contributed by atoms with Gasteiger partial charge >= 0.3 is 0 Å². The number of benzene rings is 1. The minimum atomic E-state index is -0.356. The lowest BCUT2D eigenvalue weighted by atomic mass is 10.2. The summed E-state index contributed by atoms with van der Waals surface area (Å²) < 4.78 is 5.64. The molecule has 0 fully saturated rings. The average molecular weight is 341 g/mol. The first kappa shape index (κ1) is 15.9. The molecule has 6 nitrogen and oxygen atoms in total. The van der Waals surface area contributed by atoms with Gasteiger partial charge in [-0.3, -0.25) is 4.79 Å². The van der Waals surface area contributed by atoms with Crippen molar-refractivity contribution < 1.29 is 14.6 Å². The molecule has 0 saturated heterocycles. The van der Waals surface area contributed by atoms with E-state index in [2.05, 4.69) is 15.3 Å². The molecule has 122 valence electrons. The second kappa shape index (κ2) is 7.10. The number of carbonyl (C=O) groups is 1. The maximum Gasteiger partial charge on any atom is 0.256 e. The summed E-state index contributed by atoms with van der Waals surface area (Å²) in [5, 5.41) is 15.1. The second-order valence-electron chi connectivity index (χ2n) is 5.00. The van der Waals surface area contributed by atoms with Crippen molar-refractivity contribution in [3.8, 4) is 11.5 Å². The Morgan fingerprint density at radius 2 is 2.08 bits per heavy atom. The Morgan fingerprint density at radius 1 is 1.29 bits per heavy atom. The third-order valence-electron chi connectivity index (χ3n) is 3.19. The number of amides is 1. The van der Waals surface area contributed by atoms with Crippen LogP contribution in [0.1, 0.15) is 21.1 Å². The first-order chi connectivity index (χ1) is 11.6. The first-order valence-electron chi connectivity index (χ1n) is 7.21. The average Bonchev–Trinajstić information content (AvgIpc) is 3.01. The number of aromatic hydroxyl groups is 1. The minimum absolute atomic E-state index is 0.0793. The van der Waals surface area contributed by atoms with E-state index in [0.717, 1.165) is 10.7 Å². The third kappa shape index (κ3) is 3.88. The fourth-order valence-corrected chi connectivity index (χ4v) is 2.60. The zero-order chi connectivity index (χ0) is 16.9. The molecule has 0 radical (unpaired) electrons. The van der Waals surface area contributed by atoms with E-state index >= 15 is 0 Å². The van der Waals surface area contributed by atoms with E-state index < -0.39 is 0 Å². The van der Waals surface area contributed by atoms with Crippen LogP contribution in [-0.2, 0) is 6.61 Å². The van der Waals surface area contributed by atoms with Crippen molar-refractivity contribution in [2.75, 3.05) is 5.32 Å². The number of hydrogen-bond acceptors (Lipinski definition) is 6. The topological polar surface area (TPSA) is 84.3 Å². The summed E-state index contributed by atoms with van der Waals surface area (Å²) in [6.07, 6.45) is 1.49. The van der Waals surface area contributed by atoms with Gasteiger partial charge in [-0.25, -0.2) is 9.97 Å². The summed E-state index contributed by atoms with van der Waals surface area (Å²) in [6, 6.07) is 9.77. The number of thiazole rings is 1. The third-order valence-corrected chi connectivity index (χ3v) is 4.01. The van der Waals surface area contributed by atoms with Crippen LogP contribution in [-0.4, -0.2) is 21.0 Å². The van der Waals surface area contributed by atoms with Crippen molar-refractivity contribution in [2.24, 2.45) is 0 Å². The van der Waals surface area contributed by atoms with Crippen molar-refractivity contribution in [3.05, 3.63) is 64.2 Å². The maximum atomic E-state index is 12.1. The maximum absolute atomic E-state index is 12.1. The Hall–Kier alpha value is -2.93. The molecule has 3 rings (SSSR count). The normalized spacial score (nSPS) is 10.4. The van der Waals surface area contributed by atoms with Gasteiger partial charge in [0.1, 0.15) is 12.4 Å². The summed E-state index contributed by atoms with van der Waals surface area (Å²) in [4.78, 5) is 20.4. The van der Waals surface area contributed by atoms with Gasteiger partial charge in [0.25, 0.3) is 5.91 Å². The van der Waals surface area contributed by atoms with Crippen LogP contribution in [0.2, 0.25) is 0 Å². The highest BCUT2D eigenvalue weighted by Crippen LogP contribution is 2.20. The molecule has 0 aliphatic carbocycles. The van der Waals surface area contributed by atoms with Gasteiger partial charge in [0.05, 0.1) is 10.7 Å². The van der Waals surface area contributed by atoms with Gasteiger partial charge in [0.2, 0.25) is 0 Å². The Morgan fingerprint density at radius 3 is 2.75 bits per heavy atom. The number of aryl methyl sites for hydroxylation is 1. The van der Waals surface area contributed by atoms with Crippen LogP contribution < -0.4 is 10.1 Å². The van der Waals surface area contributed by atoms with E-state index in [0.29, 0.717) is 17.9 Å². The van der Waals surface area contributed by atoms with Crippen molar-refractivity contribution >= 4 is 23.1 Å². The highest BCUT2D eigenvalue weighted by atomic mass is 32.1. The Labute approximate surface area is 142 Å². The van der Waals surface area contributed by atoms with Gasteiger partial charge in [-0.1, -0.05) is 0 Å². The van der Waals surface area contributed by atoms with Crippen LogP contribution in [0, 0.1) is 6.92 Å².